The van der Waals surface area contributed by atoms with Gasteiger partial charge in [0.15, 0.2) is 0 Å². The average molecular weight is 198 g/mol. The molecule has 1 aliphatic rings. The fourth-order valence-corrected chi connectivity index (χ4v) is 2.49. The van der Waals surface area contributed by atoms with Crippen molar-refractivity contribution in [1.29, 1.82) is 0 Å². The van der Waals surface area contributed by atoms with Gasteiger partial charge in [0.25, 0.3) is 0 Å². The third-order valence-corrected chi connectivity index (χ3v) is 3.51. The van der Waals surface area contributed by atoms with E-state index in [2.05, 4.69) is 48.5 Å². The summed E-state index contributed by atoms with van der Waals surface area (Å²) in [4.78, 5) is 2.95. The van der Waals surface area contributed by atoms with Gasteiger partial charge in [-0.3, -0.25) is 0 Å². The third-order valence-electron chi connectivity index (χ3n) is 2.47. The van der Waals surface area contributed by atoms with Gasteiger partial charge >= 0.3 is 0 Å². The third kappa shape index (κ3) is 1.44. The first-order chi connectivity index (χ1) is 6.93. The van der Waals surface area contributed by atoms with Gasteiger partial charge in [-0.05, 0) is 23.6 Å². The maximum Gasteiger partial charge on any atom is 0.0297 e. The lowest BCUT2D eigenvalue weighted by molar-refractivity contribution is 1.12. The Bertz CT molecular complexity index is 460. The summed E-state index contributed by atoms with van der Waals surface area (Å²) in [6.45, 7) is 0. The van der Waals surface area contributed by atoms with Crippen LogP contribution in [0.5, 0.6) is 0 Å². The van der Waals surface area contributed by atoms with Crippen molar-refractivity contribution in [3.8, 4) is 0 Å². The molecule has 0 unspecified atom stereocenters. The van der Waals surface area contributed by atoms with Crippen LogP contribution < -0.4 is 0 Å². The van der Waals surface area contributed by atoms with E-state index < -0.39 is 0 Å². The molecule has 0 amide bonds. The predicted molar refractivity (Wildman–Crippen MR) is 59.8 cm³/mol. The van der Waals surface area contributed by atoms with E-state index in [9.17, 15) is 0 Å². The largest absolute Gasteiger partial charge is 0.0874 e. The van der Waals surface area contributed by atoms with Crippen LogP contribution in [0, 0.1) is 0 Å². The first-order valence-corrected chi connectivity index (χ1v) is 5.59. The minimum Gasteiger partial charge on any atom is -0.0874 e. The van der Waals surface area contributed by atoms with E-state index in [1.165, 1.54) is 20.9 Å². The van der Waals surface area contributed by atoms with Gasteiger partial charge in [-0.2, -0.15) is 0 Å². The minimum absolute atomic E-state index is 1.07. The van der Waals surface area contributed by atoms with Crippen LogP contribution in [0.1, 0.15) is 11.1 Å². The fraction of sp³-hybridized carbons (Fsp3) is 0.0769. The zero-order valence-electron chi connectivity index (χ0n) is 7.73. The topological polar surface area (TPSA) is 0 Å². The summed E-state index contributed by atoms with van der Waals surface area (Å²) in [5.74, 6) is 0. The molecule has 0 radical (unpaired) electrons. The summed E-state index contributed by atoms with van der Waals surface area (Å²) in [6.07, 6.45) is 1.07. The SMILES string of the molecule is c1ccc(Cc2cccc3c2S3)cc1. The summed E-state index contributed by atoms with van der Waals surface area (Å²) in [7, 11) is 0. The zero-order chi connectivity index (χ0) is 9.38. The Morgan fingerprint density at radius 3 is 2.57 bits per heavy atom. The number of hydrogen-bond acceptors (Lipinski definition) is 1. The van der Waals surface area contributed by atoms with Gasteiger partial charge in [-0.1, -0.05) is 54.2 Å². The first-order valence-electron chi connectivity index (χ1n) is 4.77. The van der Waals surface area contributed by atoms with Crippen molar-refractivity contribution in [2.24, 2.45) is 0 Å². The van der Waals surface area contributed by atoms with Crippen molar-refractivity contribution in [3.05, 3.63) is 59.7 Å². The molecule has 0 aliphatic carbocycles. The minimum atomic E-state index is 1.07. The van der Waals surface area contributed by atoms with E-state index in [1.807, 2.05) is 11.8 Å². The van der Waals surface area contributed by atoms with Gasteiger partial charge < -0.3 is 0 Å². The Morgan fingerprint density at radius 1 is 0.857 bits per heavy atom. The summed E-state index contributed by atoms with van der Waals surface area (Å²) < 4.78 is 0. The van der Waals surface area contributed by atoms with Crippen LogP contribution in [-0.2, 0) is 6.42 Å². The smallest absolute Gasteiger partial charge is 0.0297 e. The van der Waals surface area contributed by atoms with E-state index in [1.54, 1.807) is 0 Å². The Morgan fingerprint density at radius 2 is 1.71 bits per heavy atom. The van der Waals surface area contributed by atoms with E-state index in [0.717, 1.165) is 6.42 Å². The van der Waals surface area contributed by atoms with Crippen molar-refractivity contribution in [1.82, 2.24) is 0 Å². The summed E-state index contributed by atoms with van der Waals surface area (Å²) in [5.41, 5.74) is 2.87. The molecule has 2 aromatic rings. The van der Waals surface area contributed by atoms with Crippen LogP contribution in [0.4, 0.5) is 0 Å². The summed E-state index contributed by atoms with van der Waals surface area (Å²) in [6, 6.07) is 17.2. The Balaban J connectivity index is 1.90. The molecule has 0 bridgehead atoms. The van der Waals surface area contributed by atoms with Crippen LogP contribution in [0.25, 0.3) is 0 Å². The molecular formula is C13H10S. The van der Waals surface area contributed by atoms with Gasteiger partial charge in [0.1, 0.15) is 0 Å². The highest BCUT2D eigenvalue weighted by atomic mass is 32.2. The molecule has 0 saturated carbocycles. The second kappa shape index (κ2) is 3.18. The molecule has 0 N–H and O–H groups in total. The highest BCUT2D eigenvalue weighted by Crippen LogP contribution is 2.50. The van der Waals surface area contributed by atoms with E-state index >= 15 is 0 Å². The van der Waals surface area contributed by atoms with Gasteiger partial charge in [0, 0.05) is 9.79 Å². The first kappa shape index (κ1) is 8.13. The number of fused-ring (bicyclic) bond motifs is 1. The average Bonchev–Trinajstić information content (AvgIpc) is 2.99. The molecule has 0 aromatic heterocycles. The molecule has 3 rings (SSSR count). The molecule has 2 aromatic carbocycles. The quantitative estimate of drug-likeness (QED) is 0.565. The van der Waals surface area contributed by atoms with E-state index in [4.69, 9.17) is 0 Å². The van der Waals surface area contributed by atoms with E-state index in [-0.39, 0.29) is 0 Å². The Kier molecular flexibility index (Phi) is 1.84. The molecule has 68 valence electrons. The fourth-order valence-electron chi connectivity index (χ4n) is 1.70. The van der Waals surface area contributed by atoms with Crippen LogP contribution >= 0.6 is 11.8 Å². The molecule has 1 heteroatoms. The van der Waals surface area contributed by atoms with Gasteiger partial charge in [0.05, 0.1) is 0 Å². The molecule has 0 spiro atoms. The maximum absolute atomic E-state index is 2.23. The lowest BCUT2D eigenvalue weighted by atomic mass is 10.1. The normalized spacial score (nSPS) is 12.3. The summed E-state index contributed by atoms with van der Waals surface area (Å²) >= 11 is 1.90. The zero-order valence-corrected chi connectivity index (χ0v) is 8.55. The highest BCUT2D eigenvalue weighted by Gasteiger charge is 2.21. The monoisotopic (exact) mass is 198 g/mol. The maximum atomic E-state index is 2.23. The molecular weight excluding hydrogens is 188 g/mol. The standard InChI is InChI=1S/C13H10S/c1-2-5-10(6-3-1)9-11-7-4-8-12-13(11)14-12/h1-8H,9H2. The van der Waals surface area contributed by atoms with Gasteiger partial charge in [-0.15, -0.1) is 0 Å². The molecule has 1 heterocycles. The molecule has 0 saturated heterocycles. The van der Waals surface area contributed by atoms with Crippen LogP contribution in [-0.4, -0.2) is 0 Å². The van der Waals surface area contributed by atoms with Crippen molar-refractivity contribution in [3.63, 3.8) is 0 Å². The van der Waals surface area contributed by atoms with Gasteiger partial charge in [0.2, 0.25) is 0 Å². The van der Waals surface area contributed by atoms with Crippen molar-refractivity contribution in [2.45, 2.75) is 16.2 Å². The van der Waals surface area contributed by atoms with Crippen LogP contribution in [0.15, 0.2) is 58.3 Å². The second-order valence-electron chi connectivity index (χ2n) is 3.51. The molecule has 14 heavy (non-hydrogen) atoms. The van der Waals surface area contributed by atoms with Gasteiger partial charge in [-0.25, -0.2) is 0 Å². The van der Waals surface area contributed by atoms with Crippen molar-refractivity contribution >= 4 is 11.8 Å². The number of benzene rings is 2. The molecule has 0 fully saturated rings. The lowest BCUT2D eigenvalue weighted by Gasteiger charge is -1.99. The van der Waals surface area contributed by atoms with Crippen molar-refractivity contribution < 1.29 is 0 Å². The predicted octanol–water partition coefficient (Wildman–Crippen LogP) is 3.74. The molecule has 0 nitrogen and oxygen atoms in total. The Labute approximate surface area is 88.0 Å². The Hall–Kier alpha value is -1.21. The number of rotatable bonds is 2. The highest BCUT2D eigenvalue weighted by molar-refractivity contribution is 8.05. The van der Waals surface area contributed by atoms with E-state index in [0.29, 0.717) is 0 Å². The summed E-state index contributed by atoms with van der Waals surface area (Å²) in [5, 5.41) is 0. The lowest BCUT2D eigenvalue weighted by Crippen LogP contribution is -1.85. The number of hydrogen-bond donors (Lipinski definition) is 0. The van der Waals surface area contributed by atoms with Crippen LogP contribution in [0.2, 0.25) is 0 Å². The molecule has 1 aliphatic heterocycles. The van der Waals surface area contributed by atoms with Crippen LogP contribution in [0.3, 0.4) is 0 Å². The van der Waals surface area contributed by atoms with Crippen molar-refractivity contribution in [2.75, 3.05) is 0 Å². The molecule has 0 atom stereocenters. The second-order valence-corrected chi connectivity index (χ2v) is 4.56.